The minimum atomic E-state index is -0.320. The van der Waals surface area contributed by atoms with Crippen LogP contribution in [0.25, 0.3) is 6.08 Å². The number of esters is 1. The van der Waals surface area contributed by atoms with Gasteiger partial charge in [0.2, 0.25) is 0 Å². The fourth-order valence-corrected chi connectivity index (χ4v) is 4.15. The quantitative estimate of drug-likeness (QED) is 0.577. The number of nitrogens with one attached hydrogen (secondary N) is 1. The molecule has 0 amide bonds. The molecule has 5 heteroatoms. The van der Waals surface area contributed by atoms with Crippen LogP contribution >= 0.6 is 0 Å². The maximum atomic E-state index is 11.4. The molecule has 2 fully saturated rings. The second-order valence-electron chi connectivity index (χ2n) is 7.79. The van der Waals surface area contributed by atoms with Crippen molar-refractivity contribution >= 4 is 17.9 Å². The number of piperidine rings is 1. The molecule has 0 spiro atoms. The molecule has 5 nitrogen and oxygen atoms in total. The van der Waals surface area contributed by atoms with Crippen LogP contribution in [0.3, 0.4) is 0 Å². The normalized spacial score (nSPS) is 20.0. The number of anilines is 1. The van der Waals surface area contributed by atoms with Crippen molar-refractivity contribution in [1.29, 1.82) is 0 Å². The number of rotatable bonds is 7. The Balaban J connectivity index is 1.40. The highest BCUT2D eigenvalue weighted by atomic mass is 16.5. The van der Waals surface area contributed by atoms with Crippen LogP contribution in [0.1, 0.15) is 57.4 Å². The Bertz CT molecular complexity index is 600. The number of aromatic nitrogens is 1. The van der Waals surface area contributed by atoms with Crippen LogP contribution in [0.2, 0.25) is 0 Å². The Labute approximate surface area is 163 Å². The fourth-order valence-electron chi connectivity index (χ4n) is 4.15. The number of hydrogen-bond acceptors (Lipinski definition) is 5. The summed E-state index contributed by atoms with van der Waals surface area (Å²) in [7, 11) is 0. The van der Waals surface area contributed by atoms with E-state index in [1.54, 1.807) is 19.2 Å². The first-order valence-electron chi connectivity index (χ1n) is 10.5. The zero-order chi connectivity index (χ0) is 18.9. The van der Waals surface area contributed by atoms with Gasteiger partial charge < -0.3 is 15.0 Å². The lowest BCUT2D eigenvalue weighted by atomic mass is 9.88. The average Bonchev–Trinajstić information content (AvgIpc) is 2.70. The van der Waals surface area contributed by atoms with Crippen LogP contribution in [0.4, 0.5) is 5.82 Å². The smallest absolute Gasteiger partial charge is 0.330 e. The molecule has 1 aromatic rings. The Morgan fingerprint density at radius 1 is 1.22 bits per heavy atom. The standard InChI is InChI=1S/C22H33N3O2/c1-2-27-22(26)11-9-18-8-10-21(23-16-18)24-20-12-14-25(15-13-20)17-19-6-4-3-5-7-19/h8-11,16,19-20H,2-7,12-15,17H2,1H3,(H,23,24). The summed E-state index contributed by atoms with van der Waals surface area (Å²) in [6.07, 6.45) is 14.5. The number of carbonyl (C=O) groups is 1. The summed E-state index contributed by atoms with van der Waals surface area (Å²) >= 11 is 0. The lowest BCUT2D eigenvalue weighted by Gasteiger charge is -2.35. The second-order valence-corrected chi connectivity index (χ2v) is 7.79. The van der Waals surface area contributed by atoms with Crippen molar-refractivity contribution in [2.45, 2.75) is 57.9 Å². The van der Waals surface area contributed by atoms with Crippen LogP contribution in [-0.4, -0.2) is 48.1 Å². The van der Waals surface area contributed by atoms with Crippen LogP contribution in [0.15, 0.2) is 24.4 Å². The van der Waals surface area contributed by atoms with Crippen molar-refractivity contribution in [3.05, 3.63) is 30.0 Å². The average molecular weight is 372 g/mol. The summed E-state index contributed by atoms with van der Waals surface area (Å²) in [6, 6.07) is 4.46. The summed E-state index contributed by atoms with van der Waals surface area (Å²) in [5, 5.41) is 3.56. The van der Waals surface area contributed by atoms with E-state index in [9.17, 15) is 4.79 Å². The molecule has 27 heavy (non-hydrogen) atoms. The Morgan fingerprint density at radius 2 is 2.00 bits per heavy atom. The van der Waals surface area contributed by atoms with Crippen molar-refractivity contribution < 1.29 is 9.53 Å². The molecule has 1 saturated heterocycles. The monoisotopic (exact) mass is 371 g/mol. The van der Waals surface area contributed by atoms with Gasteiger partial charge in [-0.1, -0.05) is 19.3 Å². The topological polar surface area (TPSA) is 54.5 Å². The van der Waals surface area contributed by atoms with E-state index >= 15 is 0 Å². The van der Waals surface area contributed by atoms with Gasteiger partial charge in [0.15, 0.2) is 0 Å². The number of likely N-dealkylation sites (tertiary alicyclic amines) is 1. The summed E-state index contributed by atoms with van der Waals surface area (Å²) in [5.74, 6) is 1.52. The molecule has 148 valence electrons. The van der Waals surface area contributed by atoms with Crippen LogP contribution in [-0.2, 0) is 9.53 Å². The SMILES string of the molecule is CCOC(=O)C=Cc1ccc(NC2CCN(CC3CCCCC3)CC2)nc1. The van der Waals surface area contributed by atoms with Gasteiger partial charge in [-0.05, 0) is 62.3 Å². The van der Waals surface area contributed by atoms with Crippen molar-refractivity contribution in [2.24, 2.45) is 5.92 Å². The van der Waals surface area contributed by atoms with Gasteiger partial charge in [0.05, 0.1) is 6.61 Å². The Hall–Kier alpha value is -1.88. The number of nitrogens with zero attached hydrogens (tertiary/aromatic N) is 2. The highest BCUT2D eigenvalue weighted by Gasteiger charge is 2.22. The van der Waals surface area contributed by atoms with E-state index < -0.39 is 0 Å². The summed E-state index contributed by atoms with van der Waals surface area (Å²) in [4.78, 5) is 18.5. The first-order chi connectivity index (χ1) is 13.2. The number of hydrogen-bond donors (Lipinski definition) is 1. The lowest BCUT2D eigenvalue weighted by Crippen LogP contribution is -2.41. The number of ether oxygens (including phenoxy) is 1. The molecule has 3 rings (SSSR count). The van der Waals surface area contributed by atoms with Crippen LogP contribution in [0.5, 0.6) is 0 Å². The third kappa shape index (κ3) is 6.65. The zero-order valence-corrected chi connectivity index (χ0v) is 16.5. The molecule has 2 heterocycles. The Morgan fingerprint density at radius 3 is 2.67 bits per heavy atom. The maximum absolute atomic E-state index is 11.4. The van der Waals surface area contributed by atoms with Gasteiger partial charge in [0.1, 0.15) is 5.82 Å². The zero-order valence-electron chi connectivity index (χ0n) is 16.5. The first-order valence-corrected chi connectivity index (χ1v) is 10.5. The number of carbonyl (C=O) groups excluding carboxylic acids is 1. The van der Waals surface area contributed by atoms with Crippen molar-refractivity contribution in [3.8, 4) is 0 Å². The van der Waals surface area contributed by atoms with Gasteiger partial charge in [-0.3, -0.25) is 0 Å². The molecular formula is C22H33N3O2. The van der Waals surface area contributed by atoms with Crippen LogP contribution in [0, 0.1) is 5.92 Å². The minimum Gasteiger partial charge on any atom is -0.463 e. The third-order valence-corrected chi connectivity index (χ3v) is 5.67. The van der Waals surface area contributed by atoms with E-state index in [-0.39, 0.29) is 5.97 Å². The maximum Gasteiger partial charge on any atom is 0.330 e. The van der Waals surface area contributed by atoms with Gasteiger partial charge in [0.25, 0.3) is 0 Å². The second kappa shape index (κ2) is 10.5. The van der Waals surface area contributed by atoms with E-state index in [1.165, 1.54) is 70.7 Å². The minimum absolute atomic E-state index is 0.320. The van der Waals surface area contributed by atoms with Gasteiger partial charge in [-0.2, -0.15) is 0 Å². The highest BCUT2D eigenvalue weighted by molar-refractivity contribution is 5.86. The van der Waals surface area contributed by atoms with Gasteiger partial charge in [0, 0.05) is 37.9 Å². The predicted molar refractivity (Wildman–Crippen MR) is 110 cm³/mol. The summed E-state index contributed by atoms with van der Waals surface area (Å²) < 4.78 is 4.88. The molecule has 1 aromatic heterocycles. The van der Waals surface area contributed by atoms with E-state index in [0.29, 0.717) is 12.6 Å². The molecule has 1 saturated carbocycles. The molecule has 1 aliphatic carbocycles. The molecule has 0 atom stereocenters. The van der Waals surface area contributed by atoms with E-state index in [1.807, 2.05) is 12.1 Å². The van der Waals surface area contributed by atoms with Gasteiger partial charge >= 0.3 is 5.97 Å². The lowest BCUT2D eigenvalue weighted by molar-refractivity contribution is -0.137. The molecule has 0 bridgehead atoms. The largest absolute Gasteiger partial charge is 0.463 e. The van der Waals surface area contributed by atoms with Crippen molar-refractivity contribution in [3.63, 3.8) is 0 Å². The van der Waals surface area contributed by atoms with Crippen molar-refractivity contribution in [2.75, 3.05) is 31.6 Å². The molecule has 1 N–H and O–H groups in total. The van der Waals surface area contributed by atoms with Gasteiger partial charge in [-0.25, -0.2) is 9.78 Å². The predicted octanol–water partition coefficient (Wildman–Crippen LogP) is 4.11. The first kappa shape index (κ1) is 19.9. The van der Waals surface area contributed by atoms with E-state index in [4.69, 9.17) is 4.74 Å². The van der Waals surface area contributed by atoms with E-state index in [0.717, 1.165) is 17.3 Å². The third-order valence-electron chi connectivity index (χ3n) is 5.67. The Kier molecular flexibility index (Phi) is 7.69. The molecule has 0 aromatic carbocycles. The van der Waals surface area contributed by atoms with Crippen molar-refractivity contribution in [1.82, 2.24) is 9.88 Å². The fraction of sp³-hybridized carbons (Fsp3) is 0.636. The molecule has 0 unspecified atom stereocenters. The number of pyridine rings is 1. The molecular weight excluding hydrogens is 338 g/mol. The molecule has 2 aliphatic rings. The summed E-state index contributed by atoms with van der Waals surface area (Å²) in [5.41, 5.74) is 0.899. The van der Waals surface area contributed by atoms with E-state index in [2.05, 4.69) is 15.2 Å². The van der Waals surface area contributed by atoms with Gasteiger partial charge in [-0.15, -0.1) is 0 Å². The summed E-state index contributed by atoms with van der Waals surface area (Å²) in [6.45, 7) is 5.87. The highest BCUT2D eigenvalue weighted by Crippen LogP contribution is 2.26. The van der Waals surface area contributed by atoms with Crippen LogP contribution < -0.4 is 5.32 Å². The molecule has 0 radical (unpaired) electrons. The molecule has 1 aliphatic heterocycles.